The second kappa shape index (κ2) is 9.93. The number of aromatic nitrogens is 1. The molecule has 2 amide bonds. The van der Waals surface area contributed by atoms with Crippen molar-refractivity contribution in [1.82, 2.24) is 19.5 Å². The van der Waals surface area contributed by atoms with Crippen LogP contribution in [0.2, 0.25) is 0 Å². The predicted molar refractivity (Wildman–Crippen MR) is 127 cm³/mol. The van der Waals surface area contributed by atoms with Gasteiger partial charge in [-0.25, -0.2) is 12.8 Å². The molecule has 2 heterocycles. The average Bonchev–Trinajstić information content (AvgIpc) is 2.86. The number of nitrogens with zero attached hydrogens (tertiary/aromatic N) is 3. The van der Waals surface area contributed by atoms with E-state index in [-0.39, 0.29) is 24.5 Å². The maximum atomic E-state index is 13.5. The van der Waals surface area contributed by atoms with Gasteiger partial charge in [0.2, 0.25) is 21.8 Å². The molecule has 10 heteroatoms. The molecule has 1 aliphatic rings. The van der Waals surface area contributed by atoms with Crippen molar-refractivity contribution in [3.63, 3.8) is 0 Å². The lowest BCUT2D eigenvalue weighted by Crippen LogP contribution is -2.69. The van der Waals surface area contributed by atoms with Crippen LogP contribution in [0.25, 0.3) is 0 Å². The minimum Gasteiger partial charge on any atom is -0.350 e. The number of hydrogen-bond donors (Lipinski definition) is 1. The first-order valence-electron chi connectivity index (χ1n) is 11.0. The fourth-order valence-corrected chi connectivity index (χ4v) is 5.49. The monoisotopic (exact) mass is 496 g/mol. The van der Waals surface area contributed by atoms with Crippen LogP contribution in [0, 0.1) is 5.82 Å². The van der Waals surface area contributed by atoms with Gasteiger partial charge in [-0.2, -0.15) is 4.31 Å². The van der Waals surface area contributed by atoms with Crippen molar-refractivity contribution < 1.29 is 22.4 Å². The van der Waals surface area contributed by atoms with Crippen molar-refractivity contribution in [3.8, 4) is 0 Å². The number of amides is 2. The molecule has 1 N–H and O–H groups in total. The number of piperazine rings is 1. The quantitative estimate of drug-likeness (QED) is 0.541. The molecule has 3 aromatic rings. The molecule has 2 aromatic carbocycles. The number of benzene rings is 2. The largest absolute Gasteiger partial charge is 0.350 e. The van der Waals surface area contributed by atoms with Gasteiger partial charge in [-0.1, -0.05) is 36.4 Å². The summed E-state index contributed by atoms with van der Waals surface area (Å²) in [6.45, 7) is 1.04. The molecule has 0 aliphatic carbocycles. The molecule has 0 spiro atoms. The van der Waals surface area contributed by atoms with Gasteiger partial charge in [0.05, 0.1) is 23.7 Å². The Kier molecular flexibility index (Phi) is 6.95. The van der Waals surface area contributed by atoms with E-state index in [9.17, 15) is 22.4 Å². The zero-order valence-corrected chi connectivity index (χ0v) is 19.9. The maximum absolute atomic E-state index is 13.5. The first-order valence-corrected chi connectivity index (χ1v) is 12.4. The number of rotatable bonds is 7. The van der Waals surface area contributed by atoms with Crippen LogP contribution in [-0.2, 0) is 32.7 Å². The number of sulfonamides is 1. The molecule has 182 valence electrons. The van der Waals surface area contributed by atoms with Gasteiger partial charge in [0, 0.05) is 19.3 Å². The van der Waals surface area contributed by atoms with Gasteiger partial charge in [-0.3, -0.25) is 14.6 Å². The summed E-state index contributed by atoms with van der Waals surface area (Å²) in [6.07, 6.45) is 1.59. The van der Waals surface area contributed by atoms with Crippen LogP contribution in [0.5, 0.6) is 0 Å². The highest BCUT2D eigenvalue weighted by molar-refractivity contribution is 7.89. The van der Waals surface area contributed by atoms with E-state index in [1.165, 1.54) is 29.2 Å². The molecule has 1 aliphatic heterocycles. The molecular formula is C25H25FN4O4S. The number of carbonyl (C=O) groups is 2. The Bertz CT molecular complexity index is 1300. The van der Waals surface area contributed by atoms with Crippen molar-refractivity contribution in [3.05, 3.63) is 96.1 Å². The van der Waals surface area contributed by atoms with Gasteiger partial charge in [-0.05, 0) is 48.9 Å². The van der Waals surface area contributed by atoms with E-state index < -0.39 is 39.7 Å². The zero-order chi connectivity index (χ0) is 25.1. The summed E-state index contributed by atoms with van der Waals surface area (Å²) in [6, 6.07) is 18.7. The number of carbonyl (C=O) groups excluding carboxylic acids is 2. The van der Waals surface area contributed by atoms with E-state index in [1.807, 2.05) is 0 Å². The highest BCUT2D eigenvalue weighted by atomic mass is 32.2. The van der Waals surface area contributed by atoms with E-state index in [2.05, 4.69) is 10.3 Å². The molecule has 0 saturated carbocycles. The minimum atomic E-state index is -4.02. The SMILES string of the molecule is C[C@]1(C(=O)NCc2ccc(F)cc2)CN(S(=O)(=O)c2ccccc2)CC(=O)N1Cc1ccccn1. The smallest absolute Gasteiger partial charge is 0.247 e. The van der Waals surface area contributed by atoms with Crippen LogP contribution in [0.4, 0.5) is 4.39 Å². The van der Waals surface area contributed by atoms with Gasteiger partial charge in [-0.15, -0.1) is 0 Å². The standard InChI is InChI=1S/C25H25FN4O4S/c1-25(24(32)28-15-19-10-12-20(26)13-11-19)18-29(35(33,34)22-8-3-2-4-9-22)17-23(31)30(25)16-21-7-5-6-14-27-21/h2-14H,15-18H2,1H3,(H,28,32)/t25-/m1/s1. The Morgan fingerprint density at radius 1 is 1.06 bits per heavy atom. The van der Waals surface area contributed by atoms with Crippen LogP contribution >= 0.6 is 0 Å². The van der Waals surface area contributed by atoms with Crippen molar-refractivity contribution >= 4 is 21.8 Å². The van der Waals surface area contributed by atoms with Crippen LogP contribution in [-0.4, -0.2) is 53.0 Å². The molecule has 0 unspecified atom stereocenters. The molecule has 0 radical (unpaired) electrons. The average molecular weight is 497 g/mol. The summed E-state index contributed by atoms with van der Waals surface area (Å²) < 4.78 is 40.9. The molecule has 1 saturated heterocycles. The summed E-state index contributed by atoms with van der Waals surface area (Å²) >= 11 is 0. The fourth-order valence-electron chi connectivity index (χ4n) is 3.99. The van der Waals surface area contributed by atoms with E-state index in [1.54, 1.807) is 61.7 Å². The lowest BCUT2D eigenvalue weighted by atomic mass is 9.95. The van der Waals surface area contributed by atoms with Crippen molar-refractivity contribution in [2.75, 3.05) is 13.1 Å². The molecule has 1 aromatic heterocycles. The van der Waals surface area contributed by atoms with Gasteiger partial charge < -0.3 is 10.2 Å². The third kappa shape index (κ3) is 5.23. The molecule has 0 bridgehead atoms. The summed E-state index contributed by atoms with van der Waals surface area (Å²) in [4.78, 5) is 32.4. The Hall–Kier alpha value is -3.63. The number of nitrogens with one attached hydrogen (secondary N) is 1. The van der Waals surface area contributed by atoms with Crippen molar-refractivity contribution in [2.24, 2.45) is 0 Å². The van der Waals surface area contributed by atoms with E-state index >= 15 is 0 Å². The number of halogens is 1. The van der Waals surface area contributed by atoms with E-state index in [0.29, 0.717) is 11.3 Å². The van der Waals surface area contributed by atoms with Crippen molar-refractivity contribution in [2.45, 2.75) is 30.4 Å². The second-order valence-corrected chi connectivity index (χ2v) is 10.4. The van der Waals surface area contributed by atoms with Crippen LogP contribution in [0.1, 0.15) is 18.2 Å². The second-order valence-electron chi connectivity index (χ2n) is 8.47. The van der Waals surface area contributed by atoms with Crippen LogP contribution in [0.3, 0.4) is 0 Å². The summed E-state index contributed by atoms with van der Waals surface area (Å²) in [7, 11) is -4.02. The molecule has 4 rings (SSSR count). The molecule has 8 nitrogen and oxygen atoms in total. The summed E-state index contributed by atoms with van der Waals surface area (Å²) in [5, 5.41) is 2.78. The first kappa shape index (κ1) is 24.5. The van der Waals surface area contributed by atoms with Crippen LogP contribution < -0.4 is 5.32 Å². The van der Waals surface area contributed by atoms with E-state index in [4.69, 9.17) is 0 Å². The topological polar surface area (TPSA) is 99.7 Å². The predicted octanol–water partition coefficient (Wildman–Crippen LogP) is 2.33. The minimum absolute atomic E-state index is 0.0410. The van der Waals surface area contributed by atoms with Crippen molar-refractivity contribution in [1.29, 1.82) is 0 Å². The Balaban J connectivity index is 1.64. The fraction of sp³-hybridized carbons (Fsp3) is 0.240. The normalized spacial score (nSPS) is 18.9. The van der Waals surface area contributed by atoms with Gasteiger partial charge >= 0.3 is 0 Å². The maximum Gasteiger partial charge on any atom is 0.247 e. The lowest BCUT2D eigenvalue weighted by Gasteiger charge is -2.46. The Morgan fingerprint density at radius 2 is 1.74 bits per heavy atom. The third-order valence-corrected chi connectivity index (χ3v) is 7.78. The van der Waals surface area contributed by atoms with Gasteiger partial charge in [0.1, 0.15) is 11.4 Å². The lowest BCUT2D eigenvalue weighted by molar-refractivity contribution is -0.153. The zero-order valence-electron chi connectivity index (χ0n) is 19.1. The molecular weight excluding hydrogens is 471 g/mol. The van der Waals surface area contributed by atoms with Crippen LogP contribution in [0.15, 0.2) is 83.9 Å². The summed E-state index contributed by atoms with van der Waals surface area (Å²) in [5.41, 5.74) is -0.289. The molecule has 1 fully saturated rings. The Morgan fingerprint density at radius 3 is 2.40 bits per heavy atom. The molecule has 1 atom stereocenters. The highest BCUT2D eigenvalue weighted by Gasteiger charge is 2.50. The molecule has 35 heavy (non-hydrogen) atoms. The van der Waals surface area contributed by atoms with E-state index in [0.717, 1.165) is 4.31 Å². The first-order chi connectivity index (χ1) is 16.7. The highest BCUT2D eigenvalue weighted by Crippen LogP contribution is 2.29. The number of hydrogen-bond acceptors (Lipinski definition) is 5. The number of pyridine rings is 1. The Labute approximate surface area is 203 Å². The van der Waals surface area contributed by atoms with Gasteiger partial charge in [0.15, 0.2) is 0 Å². The summed E-state index contributed by atoms with van der Waals surface area (Å²) in [5.74, 6) is -1.44. The van der Waals surface area contributed by atoms with Gasteiger partial charge in [0.25, 0.3) is 0 Å². The third-order valence-electron chi connectivity index (χ3n) is 5.98.